The van der Waals surface area contributed by atoms with Gasteiger partial charge in [0, 0.05) is 71.0 Å². The summed E-state index contributed by atoms with van der Waals surface area (Å²) in [4.78, 5) is 0. The SMILES string of the molecule is Cc1cccc2c1-n1c3ccccc3c3cccc(c31)B2c1ccccc1.Cc1cccc2c3cccc4c3n(c12)-c1ccccc1B4c1ccccc1.Clc1ccccc1B1c2ccccc2-n2c3ccccc3c3cccc1c32. The van der Waals surface area contributed by atoms with Crippen molar-refractivity contribution in [3.05, 3.63) is 289 Å². The molecule has 0 atom stereocenters. The lowest BCUT2D eigenvalue weighted by molar-refractivity contribution is 1.16. The molecule has 0 saturated carbocycles. The Morgan fingerprint density at radius 3 is 1.25 bits per heavy atom. The second-order valence-corrected chi connectivity index (χ2v) is 22.4. The zero-order chi connectivity index (χ0) is 53.9. The fourth-order valence-electron chi connectivity index (χ4n) is 14.5. The van der Waals surface area contributed by atoms with Crippen molar-refractivity contribution in [2.75, 3.05) is 0 Å². The van der Waals surface area contributed by atoms with Crippen molar-refractivity contribution in [3.8, 4) is 17.1 Å². The van der Waals surface area contributed by atoms with E-state index in [4.69, 9.17) is 11.6 Å². The summed E-state index contributed by atoms with van der Waals surface area (Å²) in [5.41, 5.74) is 26.5. The van der Waals surface area contributed by atoms with Crippen molar-refractivity contribution in [2.24, 2.45) is 0 Å². The fourth-order valence-corrected chi connectivity index (χ4v) is 14.7. The lowest BCUT2D eigenvalue weighted by Gasteiger charge is -2.28. The van der Waals surface area contributed by atoms with E-state index in [0.717, 1.165) is 10.5 Å². The molecule has 3 aromatic heterocycles. The highest BCUT2D eigenvalue weighted by atomic mass is 35.5. The molecule has 0 N–H and O–H groups in total. The van der Waals surface area contributed by atoms with Gasteiger partial charge in [-0.25, -0.2) is 0 Å². The Hall–Kier alpha value is -9.48. The van der Waals surface area contributed by atoms with Crippen LogP contribution >= 0.6 is 11.6 Å². The topological polar surface area (TPSA) is 14.8 Å². The standard InChI is InChI=1S/2C25H18BN.C24H15BClN/c1-17-9-7-12-19-20-13-8-15-22-25(20)27(24(17)19)23-16-6-5-14-21(23)26(22)18-10-3-2-4-11-18;1-17-9-7-14-21-24(17)27-23-16-6-5-12-19(23)20-13-8-15-22(25(20)27)26(21)18-10-3-2-4-11-18;26-21-13-4-2-10-18(21)25-19-11-3-6-15-23(19)27-22-14-5-1-8-16(22)17-9-7-12-20(25)24(17)27/h2*2-16H,1H3;1-15H. The summed E-state index contributed by atoms with van der Waals surface area (Å²) in [5.74, 6) is 0. The second-order valence-electron chi connectivity index (χ2n) is 22.0. The molecule has 0 radical (unpaired) electrons. The van der Waals surface area contributed by atoms with E-state index in [2.05, 4.69) is 288 Å². The zero-order valence-corrected chi connectivity index (χ0v) is 45.7. The second kappa shape index (κ2) is 18.8. The van der Waals surface area contributed by atoms with Gasteiger partial charge in [-0.1, -0.05) is 271 Å². The number of aryl methyl sites for hydroxylation is 2. The molecule has 81 heavy (non-hydrogen) atoms. The van der Waals surface area contributed by atoms with Crippen LogP contribution < -0.4 is 49.2 Å². The molecule has 12 aromatic carbocycles. The number of benzene rings is 12. The van der Waals surface area contributed by atoms with E-state index in [1.807, 2.05) is 12.1 Å². The molecule has 0 aliphatic carbocycles. The number of hydrogen-bond donors (Lipinski definition) is 0. The van der Waals surface area contributed by atoms with Gasteiger partial charge in [0.2, 0.25) is 20.1 Å². The van der Waals surface area contributed by atoms with Gasteiger partial charge in [-0.3, -0.25) is 0 Å². The Morgan fingerprint density at radius 2 is 0.630 bits per heavy atom. The molecule has 0 saturated heterocycles. The molecule has 0 fully saturated rings. The maximum Gasteiger partial charge on any atom is 0.248 e. The Morgan fingerprint density at radius 1 is 0.259 bits per heavy atom. The van der Waals surface area contributed by atoms with Crippen LogP contribution in [0.25, 0.3) is 82.5 Å². The minimum Gasteiger partial charge on any atom is -0.310 e. The zero-order valence-electron chi connectivity index (χ0n) is 44.9. The Labute approximate surface area is 477 Å². The molecule has 3 nitrogen and oxygen atoms in total. The molecule has 18 rings (SSSR count). The number of hydrogen-bond acceptors (Lipinski definition) is 0. The third-order valence-corrected chi connectivity index (χ3v) is 18.0. The van der Waals surface area contributed by atoms with Gasteiger partial charge >= 0.3 is 0 Å². The smallest absolute Gasteiger partial charge is 0.248 e. The molecule has 0 amide bonds. The summed E-state index contributed by atoms with van der Waals surface area (Å²) in [6, 6.07) is 98.7. The normalized spacial score (nSPS) is 12.6. The molecule has 7 heteroatoms. The van der Waals surface area contributed by atoms with Gasteiger partial charge in [0.15, 0.2) is 0 Å². The molecule has 0 unspecified atom stereocenters. The maximum atomic E-state index is 6.66. The first kappa shape index (κ1) is 47.5. The Balaban J connectivity index is 0.000000100. The van der Waals surface area contributed by atoms with Crippen molar-refractivity contribution in [1.82, 2.24) is 13.7 Å². The number of aromatic nitrogens is 3. The number of nitrogens with zero attached hydrogens (tertiary/aromatic N) is 3. The van der Waals surface area contributed by atoms with E-state index in [1.54, 1.807) is 0 Å². The number of fused-ring (bicyclic) bond motifs is 15. The largest absolute Gasteiger partial charge is 0.310 e. The molecule has 15 aromatic rings. The van der Waals surface area contributed by atoms with E-state index in [0.29, 0.717) is 0 Å². The van der Waals surface area contributed by atoms with Crippen LogP contribution in [-0.4, -0.2) is 33.8 Å². The van der Waals surface area contributed by atoms with Gasteiger partial charge in [-0.2, -0.15) is 0 Å². The Kier molecular flexibility index (Phi) is 11.1. The van der Waals surface area contributed by atoms with Gasteiger partial charge in [-0.05, 0) is 88.1 Å². The highest BCUT2D eigenvalue weighted by Crippen LogP contribution is 2.37. The van der Waals surface area contributed by atoms with E-state index < -0.39 is 0 Å². The van der Waals surface area contributed by atoms with Crippen LogP contribution in [0.15, 0.2) is 273 Å². The lowest BCUT2D eigenvalue weighted by atomic mass is 9.35. The third-order valence-electron chi connectivity index (χ3n) is 17.7. The van der Waals surface area contributed by atoms with E-state index >= 15 is 0 Å². The quantitative estimate of drug-likeness (QED) is 0.157. The predicted molar refractivity (Wildman–Crippen MR) is 350 cm³/mol. The van der Waals surface area contributed by atoms with Gasteiger partial charge in [0.05, 0.1) is 16.6 Å². The molecule has 378 valence electrons. The lowest BCUT2D eigenvalue weighted by Crippen LogP contribution is -2.56. The van der Waals surface area contributed by atoms with Gasteiger partial charge in [0.25, 0.3) is 0 Å². The van der Waals surface area contributed by atoms with Gasteiger partial charge < -0.3 is 13.7 Å². The average molecular weight is 1050 g/mol. The van der Waals surface area contributed by atoms with Gasteiger partial charge in [0.1, 0.15) is 0 Å². The van der Waals surface area contributed by atoms with E-state index in [1.165, 1.54) is 137 Å². The van der Waals surface area contributed by atoms with Crippen LogP contribution in [-0.2, 0) is 0 Å². The molecule has 3 aliphatic rings. The summed E-state index contributed by atoms with van der Waals surface area (Å²) < 4.78 is 7.40. The van der Waals surface area contributed by atoms with Crippen LogP contribution in [0.1, 0.15) is 11.1 Å². The van der Waals surface area contributed by atoms with Crippen molar-refractivity contribution in [3.63, 3.8) is 0 Å². The first-order valence-corrected chi connectivity index (χ1v) is 28.6. The van der Waals surface area contributed by atoms with Crippen molar-refractivity contribution < 1.29 is 0 Å². The summed E-state index contributed by atoms with van der Waals surface area (Å²) in [7, 11) is 0. The summed E-state index contributed by atoms with van der Waals surface area (Å²) in [6.45, 7) is 5.12. The van der Waals surface area contributed by atoms with Crippen molar-refractivity contribution >= 4 is 146 Å². The number of rotatable bonds is 3. The van der Waals surface area contributed by atoms with E-state index in [-0.39, 0.29) is 20.1 Å². The molecule has 0 bridgehead atoms. The molecule has 3 aliphatic heterocycles. The number of para-hydroxylation sites is 9. The molecule has 6 heterocycles. The third kappa shape index (κ3) is 7.13. The van der Waals surface area contributed by atoms with E-state index in [9.17, 15) is 0 Å². The van der Waals surface area contributed by atoms with Crippen LogP contribution in [0, 0.1) is 13.8 Å². The minimum atomic E-state index is 0.135. The predicted octanol–water partition coefficient (Wildman–Crippen LogP) is 12.1. The summed E-state index contributed by atoms with van der Waals surface area (Å²) >= 11 is 6.66. The highest BCUT2D eigenvalue weighted by Gasteiger charge is 2.37. The first-order valence-electron chi connectivity index (χ1n) is 28.2. The monoisotopic (exact) mass is 1050 g/mol. The van der Waals surface area contributed by atoms with Crippen LogP contribution in [0.3, 0.4) is 0 Å². The average Bonchev–Trinajstić information content (AvgIpc) is 4.39. The number of halogens is 1. The highest BCUT2D eigenvalue weighted by molar-refractivity contribution is 7.00. The van der Waals surface area contributed by atoms with Crippen molar-refractivity contribution in [2.45, 2.75) is 13.8 Å². The molecular formula is C74H51B3ClN3. The molecular weight excluding hydrogens is 999 g/mol. The van der Waals surface area contributed by atoms with Crippen LogP contribution in [0.4, 0.5) is 0 Å². The maximum absolute atomic E-state index is 6.66. The van der Waals surface area contributed by atoms with Gasteiger partial charge in [-0.15, -0.1) is 0 Å². The van der Waals surface area contributed by atoms with Crippen LogP contribution in [0.5, 0.6) is 0 Å². The summed E-state index contributed by atoms with van der Waals surface area (Å²) in [5, 5.41) is 8.78. The van der Waals surface area contributed by atoms with Crippen molar-refractivity contribution in [1.29, 1.82) is 0 Å². The molecule has 0 spiro atoms. The Bertz CT molecular complexity index is 5020. The summed E-state index contributed by atoms with van der Waals surface area (Å²) in [6.07, 6.45) is 0. The van der Waals surface area contributed by atoms with Crippen LogP contribution in [0.2, 0.25) is 5.02 Å². The first-order chi connectivity index (χ1) is 40.0. The fraction of sp³-hybridized carbons (Fsp3) is 0.0270. The minimum absolute atomic E-state index is 0.135.